The number of amides is 2. The highest BCUT2D eigenvalue weighted by atomic mass is 16.5. The Hall–Kier alpha value is -2.22. The zero-order valence-corrected chi connectivity index (χ0v) is 13.9. The summed E-state index contributed by atoms with van der Waals surface area (Å²) in [6.07, 6.45) is 2.69. The van der Waals surface area contributed by atoms with Gasteiger partial charge in [-0.2, -0.15) is 5.10 Å². The van der Waals surface area contributed by atoms with Gasteiger partial charge in [0.15, 0.2) is 0 Å². The van der Waals surface area contributed by atoms with Gasteiger partial charge in [0, 0.05) is 32.4 Å². The minimum absolute atomic E-state index is 0.139. The first-order chi connectivity index (χ1) is 11.5. The van der Waals surface area contributed by atoms with Gasteiger partial charge in [0.25, 0.3) is 11.5 Å². The second kappa shape index (κ2) is 8.05. The van der Waals surface area contributed by atoms with E-state index < -0.39 is 17.2 Å². The molecule has 0 atom stereocenters. The number of nitrogens with two attached hydrogens (primary N) is 1. The quantitative estimate of drug-likeness (QED) is 0.730. The van der Waals surface area contributed by atoms with E-state index in [9.17, 15) is 14.4 Å². The number of hydrogen-bond acceptors (Lipinski definition) is 5. The molecule has 0 bridgehead atoms. The van der Waals surface area contributed by atoms with E-state index in [1.807, 2.05) is 6.92 Å². The van der Waals surface area contributed by atoms with Crippen molar-refractivity contribution in [2.75, 3.05) is 19.8 Å². The molecule has 24 heavy (non-hydrogen) atoms. The normalized spacial score (nSPS) is 16.5. The van der Waals surface area contributed by atoms with Gasteiger partial charge >= 0.3 is 0 Å². The van der Waals surface area contributed by atoms with Crippen LogP contribution in [-0.2, 0) is 16.1 Å². The van der Waals surface area contributed by atoms with Crippen LogP contribution in [0.1, 0.15) is 43.1 Å². The number of rotatable bonds is 7. The predicted octanol–water partition coefficient (Wildman–Crippen LogP) is 0.0553. The fraction of sp³-hybridized carbons (Fsp3) is 0.625. The number of carbonyl (C=O) groups is 2. The standard InChI is InChI=1S/C16H24N4O4/c1-2-3-8-20-13(21)5-4-12(19-20)14(22)18-11-16(15(17)23)6-9-24-10-7-16/h4-5H,2-3,6-11H2,1H3,(H2,17,23)(H,18,22). The highest BCUT2D eigenvalue weighted by Crippen LogP contribution is 2.29. The van der Waals surface area contributed by atoms with Gasteiger partial charge in [-0.15, -0.1) is 0 Å². The molecule has 1 aliphatic heterocycles. The van der Waals surface area contributed by atoms with E-state index in [1.54, 1.807) is 0 Å². The third-order valence-corrected chi connectivity index (χ3v) is 4.38. The maximum Gasteiger partial charge on any atom is 0.271 e. The van der Waals surface area contributed by atoms with Gasteiger partial charge < -0.3 is 15.8 Å². The lowest BCUT2D eigenvalue weighted by Gasteiger charge is -2.34. The molecule has 1 fully saturated rings. The second-order valence-corrected chi connectivity index (χ2v) is 6.07. The molecule has 1 aromatic rings. The Bertz CT molecular complexity index is 650. The molecule has 132 valence electrons. The number of nitrogens with zero attached hydrogens (tertiary/aromatic N) is 2. The monoisotopic (exact) mass is 336 g/mol. The number of aromatic nitrogens is 2. The lowest BCUT2D eigenvalue weighted by Crippen LogP contribution is -2.49. The molecule has 0 spiro atoms. The van der Waals surface area contributed by atoms with Gasteiger partial charge in [-0.25, -0.2) is 4.68 Å². The summed E-state index contributed by atoms with van der Waals surface area (Å²) in [7, 11) is 0. The molecule has 2 amide bonds. The zero-order chi connectivity index (χ0) is 17.6. The highest BCUT2D eigenvalue weighted by molar-refractivity contribution is 5.92. The number of nitrogens with one attached hydrogen (secondary N) is 1. The van der Waals surface area contributed by atoms with Crippen LogP contribution >= 0.6 is 0 Å². The first-order valence-corrected chi connectivity index (χ1v) is 8.22. The molecule has 8 heteroatoms. The maximum absolute atomic E-state index is 12.3. The van der Waals surface area contributed by atoms with Crippen LogP contribution in [0, 0.1) is 5.41 Å². The summed E-state index contributed by atoms with van der Waals surface area (Å²) in [5, 5.41) is 6.81. The first-order valence-electron chi connectivity index (χ1n) is 8.22. The van der Waals surface area contributed by atoms with Gasteiger partial charge in [-0.05, 0) is 25.3 Å². The summed E-state index contributed by atoms with van der Waals surface area (Å²) in [4.78, 5) is 35.9. The van der Waals surface area contributed by atoms with E-state index in [0.717, 1.165) is 12.8 Å². The lowest BCUT2D eigenvalue weighted by molar-refractivity contribution is -0.132. The molecule has 1 aromatic heterocycles. The van der Waals surface area contributed by atoms with E-state index in [0.29, 0.717) is 32.6 Å². The molecule has 0 aromatic carbocycles. The Morgan fingerprint density at radius 3 is 2.71 bits per heavy atom. The van der Waals surface area contributed by atoms with Gasteiger partial charge in [-0.3, -0.25) is 14.4 Å². The molecule has 0 radical (unpaired) electrons. The Labute approximate surface area is 140 Å². The highest BCUT2D eigenvalue weighted by Gasteiger charge is 2.38. The van der Waals surface area contributed by atoms with Crippen LogP contribution in [0.25, 0.3) is 0 Å². The number of unbranched alkanes of at least 4 members (excludes halogenated alkanes) is 1. The molecule has 0 aliphatic carbocycles. The van der Waals surface area contributed by atoms with Crippen molar-refractivity contribution in [1.82, 2.24) is 15.1 Å². The van der Waals surface area contributed by atoms with Crippen LogP contribution in [0.5, 0.6) is 0 Å². The van der Waals surface area contributed by atoms with E-state index in [2.05, 4.69) is 10.4 Å². The minimum atomic E-state index is -0.787. The summed E-state index contributed by atoms with van der Waals surface area (Å²) in [5.74, 6) is -0.862. The van der Waals surface area contributed by atoms with Crippen LogP contribution in [0.2, 0.25) is 0 Å². The van der Waals surface area contributed by atoms with Crippen molar-refractivity contribution in [2.45, 2.75) is 39.2 Å². The van der Waals surface area contributed by atoms with Crippen LogP contribution < -0.4 is 16.6 Å². The molecular weight excluding hydrogens is 312 g/mol. The van der Waals surface area contributed by atoms with Crippen molar-refractivity contribution in [1.29, 1.82) is 0 Å². The molecule has 1 saturated heterocycles. The number of hydrogen-bond donors (Lipinski definition) is 2. The minimum Gasteiger partial charge on any atom is -0.381 e. The van der Waals surface area contributed by atoms with Gasteiger partial charge in [0.05, 0.1) is 5.41 Å². The van der Waals surface area contributed by atoms with Crippen LogP contribution in [0.3, 0.4) is 0 Å². The summed E-state index contributed by atoms with van der Waals surface area (Å²) in [6.45, 7) is 3.51. The van der Waals surface area contributed by atoms with Crippen LogP contribution in [0.4, 0.5) is 0 Å². The summed E-state index contributed by atoms with van der Waals surface area (Å²) < 4.78 is 6.55. The zero-order valence-electron chi connectivity index (χ0n) is 13.9. The smallest absolute Gasteiger partial charge is 0.271 e. The van der Waals surface area contributed by atoms with Crippen molar-refractivity contribution in [3.8, 4) is 0 Å². The largest absolute Gasteiger partial charge is 0.381 e. The summed E-state index contributed by atoms with van der Waals surface area (Å²) in [6, 6.07) is 2.72. The number of aryl methyl sites for hydroxylation is 1. The Morgan fingerprint density at radius 1 is 1.38 bits per heavy atom. The fourth-order valence-electron chi connectivity index (χ4n) is 2.65. The van der Waals surface area contributed by atoms with E-state index in [4.69, 9.17) is 10.5 Å². The first kappa shape index (κ1) is 18.1. The van der Waals surface area contributed by atoms with Crippen molar-refractivity contribution < 1.29 is 14.3 Å². The Morgan fingerprint density at radius 2 is 2.08 bits per heavy atom. The topological polar surface area (TPSA) is 116 Å². The van der Waals surface area contributed by atoms with Gasteiger partial charge in [0.2, 0.25) is 5.91 Å². The second-order valence-electron chi connectivity index (χ2n) is 6.07. The molecule has 0 saturated carbocycles. The summed E-state index contributed by atoms with van der Waals surface area (Å²) in [5.41, 5.74) is 4.64. The van der Waals surface area contributed by atoms with Crippen LogP contribution in [-0.4, -0.2) is 41.4 Å². The van der Waals surface area contributed by atoms with Crippen molar-refractivity contribution in [2.24, 2.45) is 11.1 Å². The number of ether oxygens (including phenoxy) is 1. The van der Waals surface area contributed by atoms with Gasteiger partial charge in [0.1, 0.15) is 5.69 Å². The lowest BCUT2D eigenvalue weighted by atomic mass is 9.79. The molecule has 2 heterocycles. The molecule has 2 rings (SSSR count). The number of primary amides is 1. The van der Waals surface area contributed by atoms with E-state index >= 15 is 0 Å². The molecule has 3 N–H and O–H groups in total. The van der Waals surface area contributed by atoms with Crippen molar-refractivity contribution in [3.63, 3.8) is 0 Å². The molecule has 0 unspecified atom stereocenters. The van der Waals surface area contributed by atoms with Crippen molar-refractivity contribution >= 4 is 11.8 Å². The van der Waals surface area contributed by atoms with Gasteiger partial charge in [-0.1, -0.05) is 13.3 Å². The van der Waals surface area contributed by atoms with Crippen molar-refractivity contribution in [3.05, 3.63) is 28.2 Å². The average molecular weight is 336 g/mol. The average Bonchev–Trinajstić information content (AvgIpc) is 2.59. The van der Waals surface area contributed by atoms with Crippen LogP contribution in [0.15, 0.2) is 16.9 Å². The van der Waals surface area contributed by atoms with E-state index in [-0.39, 0.29) is 17.8 Å². The molecular formula is C16H24N4O4. The Balaban J connectivity index is 2.06. The predicted molar refractivity (Wildman–Crippen MR) is 87.4 cm³/mol. The Kier molecular flexibility index (Phi) is 6.08. The molecule has 1 aliphatic rings. The van der Waals surface area contributed by atoms with E-state index in [1.165, 1.54) is 16.8 Å². The maximum atomic E-state index is 12.3. The SMILES string of the molecule is CCCCn1nc(C(=O)NCC2(C(N)=O)CCOCC2)ccc1=O. The fourth-order valence-corrected chi connectivity index (χ4v) is 2.65. The third kappa shape index (κ3) is 4.19. The molecule has 8 nitrogen and oxygen atoms in total. The summed E-state index contributed by atoms with van der Waals surface area (Å²) >= 11 is 0. The third-order valence-electron chi connectivity index (χ3n) is 4.38. The number of carbonyl (C=O) groups excluding carboxylic acids is 2.